The Labute approximate surface area is 111 Å². The van der Waals surface area contributed by atoms with Crippen molar-refractivity contribution in [1.29, 1.82) is 0 Å². The summed E-state index contributed by atoms with van der Waals surface area (Å²) in [5.41, 5.74) is 0. The molecule has 1 rings (SSSR count). The van der Waals surface area contributed by atoms with Crippen molar-refractivity contribution in [1.82, 2.24) is 15.5 Å². The molecule has 4 nitrogen and oxygen atoms in total. The fourth-order valence-corrected chi connectivity index (χ4v) is 2.54. The van der Waals surface area contributed by atoms with Gasteiger partial charge in [-0.2, -0.15) is 0 Å². The maximum Gasteiger partial charge on any atom is 0.221 e. The highest BCUT2D eigenvalue weighted by Gasteiger charge is 2.18. The lowest BCUT2D eigenvalue weighted by atomic mass is 10.1. The second kappa shape index (κ2) is 8.48. The average Bonchev–Trinajstić information content (AvgIpc) is 2.78. The molecule has 1 saturated heterocycles. The van der Waals surface area contributed by atoms with Crippen LogP contribution in [0.1, 0.15) is 40.0 Å². The summed E-state index contributed by atoms with van der Waals surface area (Å²) in [5.74, 6) is 0.825. The Morgan fingerprint density at radius 3 is 2.83 bits per heavy atom. The number of amides is 1. The molecule has 1 heterocycles. The average molecular weight is 255 g/mol. The molecule has 1 unspecified atom stereocenters. The van der Waals surface area contributed by atoms with Crippen LogP contribution in [0.4, 0.5) is 0 Å². The molecule has 1 amide bonds. The van der Waals surface area contributed by atoms with Gasteiger partial charge in [0, 0.05) is 38.6 Å². The maximum atomic E-state index is 11.5. The Kier molecular flexibility index (Phi) is 7.28. The van der Waals surface area contributed by atoms with E-state index in [0.29, 0.717) is 18.4 Å². The first-order chi connectivity index (χ1) is 8.61. The quantitative estimate of drug-likeness (QED) is 0.685. The van der Waals surface area contributed by atoms with Gasteiger partial charge in [-0.1, -0.05) is 13.8 Å². The lowest BCUT2D eigenvalue weighted by Crippen LogP contribution is -2.41. The molecule has 2 N–H and O–H groups in total. The van der Waals surface area contributed by atoms with Crippen LogP contribution in [-0.4, -0.2) is 49.6 Å². The van der Waals surface area contributed by atoms with Crippen LogP contribution < -0.4 is 10.6 Å². The molecular weight excluding hydrogens is 226 g/mol. The first-order valence-electron chi connectivity index (χ1n) is 7.34. The summed E-state index contributed by atoms with van der Waals surface area (Å²) in [4.78, 5) is 14.0. The smallest absolute Gasteiger partial charge is 0.221 e. The molecule has 18 heavy (non-hydrogen) atoms. The molecule has 0 saturated carbocycles. The zero-order valence-electron chi connectivity index (χ0n) is 12.2. The zero-order valence-corrected chi connectivity index (χ0v) is 12.2. The Bertz CT molecular complexity index is 237. The minimum atomic E-state index is 0.172. The number of nitrogens with zero attached hydrogens (tertiary/aromatic N) is 1. The van der Waals surface area contributed by atoms with Gasteiger partial charge in [0.05, 0.1) is 0 Å². The zero-order chi connectivity index (χ0) is 13.4. The van der Waals surface area contributed by atoms with Gasteiger partial charge < -0.3 is 15.5 Å². The van der Waals surface area contributed by atoms with Crippen molar-refractivity contribution in [2.75, 3.05) is 32.7 Å². The summed E-state index contributed by atoms with van der Waals surface area (Å²) < 4.78 is 0. The molecule has 1 aliphatic rings. The summed E-state index contributed by atoms with van der Waals surface area (Å²) in [7, 11) is 0. The number of rotatable bonds is 8. The van der Waals surface area contributed by atoms with Crippen molar-refractivity contribution in [2.45, 2.75) is 46.1 Å². The van der Waals surface area contributed by atoms with Crippen molar-refractivity contribution in [3.8, 4) is 0 Å². The third-order valence-corrected chi connectivity index (χ3v) is 3.29. The third-order valence-electron chi connectivity index (χ3n) is 3.29. The maximum absolute atomic E-state index is 11.5. The predicted octanol–water partition coefficient (Wildman–Crippen LogP) is 1.22. The molecule has 0 aromatic carbocycles. The lowest BCUT2D eigenvalue weighted by Gasteiger charge is -2.27. The number of carbonyl (C=O) groups excluding carboxylic acids is 1. The van der Waals surface area contributed by atoms with Gasteiger partial charge in [0.15, 0.2) is 0 Å². The van der Waals surface area contributed by atoms with E-state index >= 15 is 0 Å². The molecular formula is C14H29N3O. The van der Waals surface area contributed by atoms with Crippen molar-refractivity contribution in [2.24, 2.45) is 5.92 Å². The fourth-order valence-electron chi connectivity index (χ4n) is 2.54. The molecule has 1 atom stereocenters. The highest BCUT2D eigenvalue weighted by molar-refractivity contribution is 5.75. The van der Waals surface area contributed by atoms with Crippen LogP contribution in [0, 0.1) is 5.92 Å². The first kappa shape index (κ1) is 15.4. The predicted molar refractivity (Wildman–Crippen MR) is 75.6 cm³/mol. The van der Waals surface area contributed by atoms with Crippen molar-refractivity contribution in [3.05, 3.63) is 0 Å². The summed E-state index contributed by atoms with van der Waals surface area (Å²) in [6.45, 7) is 11.4. The normalized spacial score (nSPS) is 19.7. The highest BCUT2D eigenvalue weighted by atomic mass is 16.1. The van der Waals surface area contributed by atoms with Crippen LogP contribution in [0.2, 0.25) is 0 Å². The molecule has 0 aromatic rings. The number of hydrogen-bond acceptors (Lipinski definition) is 3. The summed E-state index contributed by atoms with van der Waals surface area (Å²) >= 11 is 0. The van der Waals surface area contributed by atoms with Gasteiger partial charge in [-0.25, -0.2) is 0 Å². The highest BCUT2D eigenvalue weighted by Crippen LogP contribution is 2.09. The van der Waals surface area contributed by atoms with Crippen LogP contribution in [-0.2, 0) is 4.79 Å². The van der Waals surface area contributed by atoms with E-state index in [2.05, 4.69) is 29.4 Å². The van der Waals surface area contributed by atoms with E-state index in [9.17, 15) is 4.79 Å². The summed E-state index contributed by atoms with van der Waals surface area (Å²) in [6.07, 6.45) is 3.18. The lowest BCUT2D eigenvalue weighted by molar-refractivity contribution is -0.121. The van der Waals surface area contributed by atoms with E-state index in [-0.39, 0.29) is 5.91 Å². The molecule has 4 heteroatoms. The summed E-state index contributed by atoms with van der Waals surface area (Å²) in [5, 5.41) is 6.40. The van der Waals surface area contributed by atoms with Crippen LogP contribution in [0.3, 0.4) is 0 Å². The molecule has 0 bridgehead atoms. The van der Waals surface area contributed by atoms with Crippen LogP contribution in [0.15, 0.2) is 0 Å². The minimum absolute atomic E-state index is 0.172. The van der Waals surface area contributed by atoms with Crippen LogP contribution in [0.25, 0.3) is 0 Å². The van der Waals surface area contributed by atoms with E-state index in [4.69, 9.17) is 0 Å². The number of nitrogens with one attached hydrogen (secondary N) is 2. The SMILES string of the molecule is CCNC(=O)CCN(CC(C)C)CC1CCCN1. The van der Waals surface area contributed by atoms with Gasteiger partial charge >= 0.3 is 0 Å². The number of carbonyl (C=O) groups is 1. The van der Waals surface area contributed by atoms with Crippen molar-refractivity contribution < 1.29 is 4.79 Å². The van der Waals surface area contributed by atoms with E-state index in [1.165, 1.54) is 12.8 Å². The third kappa shape index (κ3) is 6.36. The van der Waals surface area contributed by atoms with E-state index in [0.717, 1.165) is 32.7 Å². The monoisotopic (exact) mass is 255 g/mol. The molecule has 0 aromatic heterocycles. The van der Waals surface area contributed by atoms with Gasteiger partial charge in [0.2, 0.25) is 5.91 Å². The Balaban J connectivity index is 2.31. The van der Waals surface area contributed by atoms with Crippen molar-refractivity contribution >= 4 is 5.91 Å². The van der Waals surface area contributed by atoms with Gasteiger partial charge in [0.25, 0.3) is 0 Å². The molecule has 106 valence electrons. The molecule has 1 aliphatic heterocycles. The van der Waals surface area contributed by atoms with Gasteiger partial charge in [-0.05, 0) is 32.2 Å². The fraction of sp³-hybridized carbons (Fsp3) is 0.929. The largest absolute Gasteiger partial charge is 0.356 e. The van der Waals surface area contributed by atoms with E-state index in [1.54, 1.807) is 0 Å². The molecule has 0 aliphatic carbocycles. The topological polar surface area (TPSA) is 44.4 Å². The van der Waals surface area contributed by atoms with Crippen LogP contribution in [0.5, 0.6) is 0 Å². The minimum Gasteiger partial charge on any atom is -0.356 e. The Morgan fingerprint density at radius 2 is 2.28 bits per heavy atom. The van der Waals surface area contributed by atoms with Crippen LogP contribution >= 0.6 is 0 Å². The van der Waals surface area contributed by atoms with E-state index in [1.807, 2.05) is 6.92 Å². The van der Waals surface area contributed by atoms with Gasteiger partial charge in [0.1, 0.15) is 0 Å². The van der Waals surface area contributed by atoms with E-state index < -0.39 is 0 Å². The number of hydrogen-bond donors (Lipinski definition) is 2. The molecule has 0 spiro atoms. The molecule has 1 fully saturated rings. The van der Waals surface area contributed by atoms with Gasteiger partial charge in [-0.15, -0.1) is 0 Å². The Hall–Kier alpha value is -0.610. The first-order valence-corrected chi connectivity index (χ1v) is 7.34. The van der Waals surface area contributed by atoms with Crippen molar-refractivity contribution in [3.63, 3.8) is 0 Å². The summed E-state index contributed by atoms with van der Waals surface area (Å²) in [6, 6.07) is 0.623. The molecule has 0 radical (unpaired) electrons. The standard InChI is InChI=1S/C14H29N3O/c1-4-15-14(18)7-9-17(10-12(2)3)11-13-6-5-8-16-13/h12-13,16H,4-11H2,1-3H3,(H,15,18). The second-order valence-corrected chi connectivity index (χ2v) is 5.65. The Morgan fingerprint density at radius 1 is 1.50 bits per heavy atom. The second-order valence-electron chi connectivity index (χ2n) is 5.65. The van der Waals surface area contributed by atoms with Gasteiger partial charge in [-0.3, -0.25) is 4.79 Å².